The highest BCUT2D eigenvalue weighted by Crippen LogP contribution is 2.31. The number of hydrogen-bond donors (Lipinski definition) is 3. The lowest BCUT2D eigenvalue weighted by Gasteiger charge is -2.33. The molecule has 0 saturated carbocycles. The number of nitrogens with zero attached hydrogens (tertiary/aromatic N) is 5. The van der Waals surface area contributed by atoms with Gasteiger partial charge >= 0.3 is 0 Å². The van der Waals surface area contributed by atoms with Crippen molar-refractivity contribution >= 4 is 26.9 Å². The summed E-state index contributed by atoms with van der Waals surface area (Å²) in [5, 5.41) is 14.8. The Balaban J connectivity index is 1.56. The van der Waals surface area contributed by atoms with Crippen LogP contribution in [0.4, 0.5) is 5.69 Å². The minimum Gasteiger partial charge on any atom is -0.396 e. The third kappa shape index (κ3) is 4.20. The molecule has 1 unspecified atom stereocenters. The van der Waals surface area contributed by atoms with Crippen molar-refractivity contribution in [3.8, 4) is 22.6 Å². The number of anilines is 1. The summed E-state index contributed by atoms with van der Waals surface area (Å²) in [6.07, 6.45) is 3.56. The topological polar surface area (TPSA) is 153 Å². The number of hydrogen-bond acceptors (Lipinski definition) is 8. The summed E-state index contributed by atoms with van der Waals surface area (Å²) in [5.74, 6) is 6.64. The van der Waals surface area contributed by atoms with E-state index in [0.29, 0.717) is 34.2 Å². The number of aliphatic hydroxyl groups is 1. The maximum absolute atomic E-state index is 11.8. The molecule has 176 valence electrons. The lowest BCUT2D eigenvalue weighted by Crippen LogP contribution is -2.36. The number of piperidine rings is 1. The van der Waals surface area contributed by atoms with E-state index in [0.717, 1.165) is 37.2 Å². The highest BCUT2D eigenvalue weighted by Gasteiger charge is 2.20. The van der Waals surface area contributed by atoms with Crippen LogP contribution in [0, 0.1) is 5.92 Å². The van der Waals surface area contributed by atoms with Crippen molar-refractivity contribution in [1.82, 2.24) is 19.6 Å². The number of primary sulfonamides is 1. The van der Waals surface area contributed by atoms with Gasteiger partial charge in [0, 0.05) is 36.5 Å². The van der Waals surface area contributed by atoms with E-state index in [9.17, 15) is 13.5 Å². The van der Waals surface area contributed by atoms with E-state index >= 15 is 0 Å². The summed E-state index contributed by atoms with van der Waals surface area (Å²) >= 11 is 0. The summed E-state index contributed by atoms with van der Waals surface area (Å²) in [6.45, 7) is 1.98. The predicted molar refractivity (Wildman–Crippen MR) is 130 cm³/mol. The molecule has 11 heteroatoms. The molecule has 2 aromatic carbocycles. The van der Waals surface area contributed by atoms with Gasteiger partial charge in [-0.25, -0.2) is 33.2 Å². The summed E-state index contributed by atoms with van der Waals surface area (Å²) in [5.41, 5.74) is 3.96. The highest BCUT2D eigenvalue weighted by molar-refractivity contribution is 7.89. The van der Waals surface area contributed by atoms with Crippen LogP contribution in [-0.2, 0) is 10.0 Å². The number of nitrogens with two attached hydrogens (primary N) is 2. The second-order valence-corrected chi connectivity index (χ2v) is 10.0. The largest absolute Gasteiger partial charge is 0.396 e. The molecule has 10 nitrogen and oxygen atoms in total. The van der Waals surface area contributed by atoms with Gasteiger partial charge in [0.25, 0.3) is 0 Å². The average Bonchev–Trinajstić information content (AvgIpc) is 3.24. The number of sulfonamides is 1. The van der Waals surface area contributed by atoms with Crippen LogP contribution >= 0.6 is 0 Å². The average molecular weight is 480 g/mol. The molecule has 5 rings (SSSR count). The van der Waals surface area contributed by atoms with E-state index in [-0.39, 0.29) is 11.5 Å². The van der Waals surface area contributed by atoms with E-state index in [1.807, 2.05) is 24.3 Å². The van der Waals surface area contributed by atoms with E-state index in [4.69, 9.17) is 16.0 Å². The molecule has 2 aromatic heterocycles. The lowest BCUT2D eigenvalue weighted by atomic mass is 9.98. The maximum atomic E-state index is 11.8. The fraction of sp³-hybridized carbons (Fsp3) is 0.261. The number of aliphatic hydroxyl groups excluding tert-OH is 1. The predicted octanol–water partition coefficient (Wildman–Crippen LogP) is 1.73. The molecule has 4 aromatic rings. The van der Waals surface area contributed by atoms with Crippen LogP contribution in [0.5, 0.6) is 0 Å². The van der Waals surface area contributed by atoms with E-state index in [1.54, 1.807) is 12.1 Å². The Hall–Kier alpha value is -3.54. The van der Waals surface area contributed by atoms with E-state index < -0.39 is 10.0 Å². The normalized spacial score (nSPS) is 16.8. The second kappa shape index (κ2) is 8.67. The fourth-order valence-electron chi connectivity index (χ4n) is 4.34. The standard InChI is InChI=1S/C23H25N7O3S/c24-30-14-26-21-20(16-6-8-18(9-7-16)29-10-2-3-15(12-29)13-31)27-22(28-23(21)30)17-4-1-5-19(11-17)34(25,32)33/h1,4-9,11,14-15,31H,2-3,10,12-13,24H2,(H2,25,32,33). The van der Waals surface area contributed by atoms with Crippen molar-refractivity contribution in [1.29, 1.82) is 0 Å². The van der Waals surface area contributed by atoms with E-state index in [2.05, 4.69) is 14.9 Å². The van der Waals surface area contributed by atoms with Crippen LogP contribution < -0.4 is 15.9 Å². The summed E-state index contributed by atoms with van der Waals surface area (Å²) < 4.78 is 24.9. The van der Waals surface area contributed by atoms with Gasteiger partial charge in [-0.05, 0) is 43.0 Å². The number of imidazole rings is 1. The Morgan fingerprint density at radius 2 is 1.88 bits per heavy atom. The Morgan fingerprint density at radius 1 is 1.09 bits per heavy atom. The summed E-state index contributed by atoms with van der Waals surface area (Å²) in [6, 6.07) is 14.2. The molecule has 1 saturated heterocycles. The Morgan fingerprint density at radius 3 is 2.62 bits per heavy atom. The molecule has 0 amide bonds. The zero-order valence-electron chi connectivity index (χ0n) is 18.4. The SMILES string of the molecule is Nn1cnc2c(-c3ccc(N4CCCC(CO)C4)cc3)nc(-c3cccc(S(N)(=O)=O)c3)nc21. The first kappa shape index (κ1) is 22.3. The first-order valence-corrected chi connectivity index (χ1v) is 12.5. The molecule has 1 aliphatic rings. The van der Waals surface area contributed by atoms with E-state index in [1.165, 1.54) is 23.1 Å². The molecular weight excluding hydrogens is 454 g/mol. The van der Waals surface area contributed by atoms with Crippen LogP contribution in [0.25, 0.3) is 33.8 Å². The highest BCUT2D eigenvalue weighted by atomic mass is 32.2. The second-order valence-electron chi connectivity index (χ2n) is 8.48. The molecule has 0 spiro atoms. The first-order chi connectivity index (χ1) is 16.3. The minimum atomic E-state index is -3.88. The van der Waals surface area contributed by atoms with Crippen LogP contribution in [-0.4, -0.2) is 52.8 Å². The third-order valence-corrected chi connectivity index (χ3v) is 7.04. The van der Waals surface area contributed by atoms with Gasteiger partial charge in [0.05, 0.1) is 4.90 Å². The van der Waals surface area contributed by atoms with Gasteiger partial charge in [-0.1, -0.05) is 24.3 Å². The summed E-state index contributed by atoms with van der Waals surface area (Å²) in [7, 11) is -3.88. The quantitative estimate of drug-likeness (QED) is 0.366. The summed E-state index contributed by atoms with van der Waals surface area (Å²) in [4.78, 5) is 15.9. The first-order valence-electron chi connectivity index (χ1n) is 10.9. The van der Waals surface area contributed by atoms with Gasteiger partial charge in [-0.2, -0.15) is 0 Å². The third-order valence-electron chi connectivity index (χ3n) is 6.13. The molecule has 1 aliphatic heterocycles. The monoisotopic (exact) mass is 479 g/mol. The van der Waals surface area contributed by atoms with Crippen molar-refractivity contribution in [3.05, 3.63) is 54.9 Å². The molecule has 1 atom stereocenters. The van der Waals surface area contributed by atoms with Crippen LogP contribution in [0.1, 0.15) is 12.8 Å². The zero-order chi connectivity index (χ0) is 23.9. The number of nitrogen functional groups attached to an aromatic ring is 1. The van der Waals surface area contributed by atoms with Crippen LogP contribution in [0.15, 0.2) is 59.8 Å². The van der Waals surface area contributed by atoms with Gasteiger partial charge in [0.15, 0.2) is 11.5 Å². The van der Waals surface area contributed by atoms with Gasteiger partial charge in [0.1, 0.15) is 17.5 Å². The molecule has 1 fully saturated rings. The van der Waals surface area contributed by atoms with Crippen molar-refractivity contribution in [2.45, 2.75) is 17.7 Å². The molecule has 34 heavy (non-hydrogen) atoms. The van der Waals surface area contributed by atoms with Crippen molar-refractivity contribution in [2.24, 2.45) is 11.1 Å². The molecule has 0 aliphatic carbocycles. The molecular formula is C23H25N7O3S. The Kier molecular flexibility index (Phi) is 5.68. The smallest absolute Gasteiger partial charge is 0.238 e. The van der Waals surface area contributed by atoms with Crippen LogP contribution in [0.2, 0.25) is 0 Å². The Labute approximate surface area is 196 Å². The minimum absolute atomic E-state index is 0.0245. The zero-order valence-corrected chi connectivity index (χ0v) is 19.2. The number of fused-ring (bicyclic) bond motifs is 1. The number of aromatic nitrogens is 4. The van der Waals surface area contributed by atoms with Crippen molar-refractivity contribution in [2.75, 3.05) is 30.4 Å². The molecule has 5 N–H and O–H groups in total. The number of rotatable bonds is 5. The van der Waals surface area contributed by atoms with Gasteiger partial charge in [0.2, 0.25) is 10.0 Å². The number of benzene rings is 2. The van der Waals surface area contributed by atoms with Gasteiger partial charge in [-0.3, -0.25) is 0 Å². The van der Waals surface area contributed by atoms with Gasteiger partial charge in [-0.15, -0.1) is 0 Å². The van der Waals surface area contributed by atoms with Crippen LogP contribution in [0.3, 0.4) is 0 Å². The fourth-order valence-corrected chi connectivity index (χ4v) is 4.90. The molecule has 0 bridgehead atoms. The maximum Gasteiger partial charge on any atom is 0.238 e. The Bertz CT molecular complexity index is 1450. The molecule has 0 radical (unpaired) electrons. The molecule has 3 heterocycles. The lowest BCUT2D eigenvalue weighted by molar-refractivity contribution is 0.209. The van der Waals surface area contributed by atoms with Crippen molar-refractivity contribution < 1.29 is 13.5 Å². The van der Waals surface area contributed by atoms with Crippen molar-refractivity contribution in [3.63, 3.8) is 0 Å². The van der Waals surface area contributed by atoms with Gasteiger partial charge < -0.3 is 15.8 Å².